The predicted molar refractivity (Wildman–Crippen MR) is 195 cm³/mol. The van der Waals surface area contributed by atoms with Gasteiger partial charge in [-0.25, -0.2) is 14.5 Å². The summed E-state index contributed by atoms with van der Waals surface area (Å²) < 4.78 is 19.7. The van der Waals surface area contributed by atoms with Gasteiger partial charge in [0.2, 0.25) is 11.8 Å². The van der Waals surface area contributed by atoms with Gasteiger partial charge in [-0.15, -0.1) is 0 Å². The molecule has 0 bridgehead atoms. The highest BCUT2D eigenvalue weighted by Crippen LogP contribution is 2.39. The van der Waals surface area contributed by atoms with E-state index in [4.69, 9.17) is 30.9 Å². The van der Waals surface area contributed by atoms with Crippen molar-refractivity contribution in [2.24, 2.45) is 0 Å². The summed E-state index contributed by atoms with van der Waals surface area (Å²) in [4.78, 5) is 38.8. The first kappa shape index (κ1) is 36.6. The van der Waals surface area contributed by atoms with Crippen LogP contribution < -0.4 is 19.9 Å². The van der Waals surface area contributed by atoms with E-state index >= 15 is 0 Å². The van der Waals surface area contributed by atoms with E-state index in [1.807, 2.05) is 64.3 Å². The number of hydrogen-bond acceptors (Lipinski definition) is 10. The van der Waals surface area contributed by atoms with Gasteiger partial charge in [-0.3, -0.25) is 4.79 Å². The lowest BCUT2D eigenvalue weighted by molar-refractivity contribution is 0.0517. The molecule has 1 unspecified atom stereocenters. The molecular weight excluding hydrogens is 670 g/mol. The number of rotatable bonds is 13. The first-order valence-corrected chi connectivity index (χ1v) is 16.8. The van der Waals surface area contributed by atoms with Crippen molar-refractivity contribution in [1.82, 2.24) is 24.3 Å². The molecule has 0 spiro atoms. The quantitative estimate of drug-likeness (QED) is 0.131. The van der Waals surface area contributed by atoms with Crippen LogP contribution in [0.2, 0.25) is 5.02 Å². The largest absolute Gasteiger partial charge is 0.497 e. The van der Waals surface area contributed by atoms with E-state index < -0.39 is 11.9 Å². The van der Waals surface area contributed by atoms with E-state index in [0.717, 1.165) is 11.1 Å². The molecule has 0 radical (unpaired) electrons. The minimum atomic E-state index is -0.625. The van der Waals surface area contributed by atoms with Crippen LogP contribution >= 0.6 is 11.6 Å². The lowest BCUT2D eigenvalue weighted by Crippen LogP contribution is -2.26. The number of carbonyl (C=O) groups excluding carboxylic acids is 1. The maximum Gasteiger partial charge on any atom is 0.359 e. The lowest BCUT2D eigenvalue weighted by atomic mass is 9.82. The van der Waals surface area contributed by atoms with E-state index in [0.29, 0.717) is 44.8 Å². The van der Waals surface area contributed by atoms with Crippen LogP contribution in [0.5, 0.6) is 11.6 Å². The van der Waals surface area contributed by atoms with Crippen LogP contribution in [-0.4, -0.2) is 65.2 Å². The summed E-state index contributed by atoms with van der Waals surface area (Å²) in [6.45, 7) is 6.11. The number of nitrogens with zero attached hydrogens (tertiary/aromatic N) is 7. The molecule has 0 fully saturated rings. The van der Waals surface area contributed by atoms with Crippen LogP contribution in [0.3, 0.4) is 0 Å². The van der Waals surface area contributed by atoms with Gasteiger partial charge in [0.25, 0.3) is 5.56 Å². The number of halogens is 1. The van der Waals surface area contributed by atoms with Crippen molar-refractivity contribution in [2.45, 2.75) is 45.6 Å². The lowest BCUT2D eigenvalue weighted by Gasteiger charge is -2.22. The Balaban J connectivity index is 1.75. The molecule has 0 saturated heterocycles. The molecule has 3 aromatic heterocycles. The minimum Gasteiger partial charge on any atom is -0.497 e. The molecule has 0 aliphatic heterocycles. The second-order valence-corrected chi connectivity index (χ2v) is 12.8. The van der Waals surface area contributed by atoms with Crippen LogP contribution in [-0.2, 0) is 17.7 Å². The van der Waals surface area contributed by atoms with E-state index in [9.17, 15) is 14.9 Å². The number of methoxy groups -OCH3 is 2. The average Bonchev–Trinajstić information content (AvgIpc) is 3.53. The molecular formula is C38H40ClN7O5. The van der Waals surface area contributed by atoms with Crippen LogP contribution in [0, 0.1) is 11.3 Å². The van der Waals surface area contributed by atoms with E-state index in [1.165, 1.54) is 7.11 Å². The van der Waals surface area contributed by atoms with Crippen LogP contribution in [0.25, 0.3) is 5.69 Å². The molecule has 1 atom stereocenters. The maximum absolute atomic E-state index is 14.2. The SMILES string of the molecule is CCOC(=O)c1nn(-c2cnc(N(C)C)nc2OC)c(C(C)C)c1C(Cc1cc(Cl)cn(Cc2ccc(OC)cc2)c1=O)c1ccc(C#N)cc1. The summed E-state index contributed by atoms with van der Waals surface area (Å²) in [6.07, 6.45) is 3.36. The monoisotopic (exact) mass is 709 g/mol. The van der Waals surface area contributed by atoms with Crippen molar-refractivity contribution in [3.63, 3.8) is 0 Å². The molecule has 51 heavy (non-hydrogen) atoms. The number of hydrogen-bond donors (Lipinski definition) is 0. The van der Waals surface area contributed by atoms with Gasteiger partial charge in [0.15, 0.2) is 5.69 Å². The van der Waals surface area contributed by atoms with Crippen molar-refractivity contribution in [2.75, 3.05) is 39.8 Å². The highest BCUT2D eigenvalue weighted by Gasteiger charge is 2.34. The zero-order valence-electron chi connectivity index (χ0n) is 29.7. The Morgan fingerprint density at radius 1 is 1.06 bits per heavy atom. The Labute approximate surface area is 301 Å². The number of esters is 1. The summed E-state index contributed by atoms with van der Waals surface area (Å²) in [5.74, 6) is -0.0227. The molecule has 0 aliphatic carbocycles. The zero-order valence-corrected chi connectivity index (χ0v) is 30.4. The van der Waals surface area contributed by atoms with E-state index in [1.54, 1.807) is 58.8 Å². The van der Waals surface area contributed by atoms with Gasteiger partial charge >= 0.3 is 5.97 Å². The highest BCUT2D eigenvalue weighted by molar-refractivity contribution is 6.30. The van der Waals surface area contributed by atoms with Gasteiger partial charge in [-0.05, 0) is 60.7 Å². The third-order valence-electron chi connectivity index (χ3n) is 8.37. The van der Waals surface area contributed by atoms with Crippen molar-refractivity contribution in [3.05, 3.63) is 122 Å². The van der Waals surface area contributed by atoms with Gasteiger partial charge < -0.3 is 23.7 Å². The molecule has 12 nitrogen and oxygen atoms in total. The number of ether oxygens (including phenoxy) is 3. The second-order valence-electron chi connectivity index (χ2n) is 12.3. The first-order chi connectivity index (χ1) is 24.5. The maximum atomic E-state index is 14.2. The van der Waals surface area contributed by atoms with Gasteiger partial charge in [0.1, 0.15) is 11.4 Å². The summed E-state index contributed by atoms with van der Waals surface area (Å²) >= 11 is 6.67. The van der Waals surface area contributed by atoms with Crippen LogP contribution in [0.4, 0.5) is 5.95 Å². The van der Waals surface area contributed by atoms with Crippen LogP contribution in [0.15, 0.2) is 71.8 Å². The summed E-state index contributed by atoms with van der Waals surface area (Å²) in [5, 5.41) is 14.8. The third-order valence-corrected chi connectivity index (χ3v) is 8.58. The fourth-order valence-corrected chi connectivity index (χ4v) is 6.23. The summed E-state index contributed by atoms with van der Waals surface area (Å²) in [6, 6.07) is 18.4. The molecule has 3 heterocycles. The van der Waals surface area contributed by atoms with E-state index in [2.05, 4.69) is 16.0 Å². The second kappa shape index (κ2) is 15.9. The number of pyridine rings is 1. The fourth-order valence-electron chi connectivity index (χ4n) is 5.98. The topological polar surface area (TPSA) is 137 Å². The standard InChI is InChI=1S/C38H40ClN7O5/c1-8-51-37(48)33-32(34(23(2)3)46(43-33)31-20-41-38(44(4)5)42-35(31)50-7)30(26-13-9-24(19-40)10-14-26)18-27-17-28(39)22-45(36(27)47)21-25-11-15-29(49-6)16-12-25/h9-17,20,22-23,30H,8,18,21H2,1-7H3. The van der Waals surface area contributed by atoms with Gasteiger partial charge in [-0.2, -0.15) is 15.3 Å². The van der Waals surface area contributed by atoms with Gasteiger partial charge in [-0.1, -0.05) is 49.7 Å². The molecule has 0 saturated carbocycles. The molecule has 5 rings (SSSR count). The fraction of sp³-hybridized carbons (Fsp3) is 0.316. The molecule has 0 N–H and O–H groups in total. The van der Waals surface area contributed by atoms with E-state index in [-0.39, 0.29) is 42.6 Å². The van der Waals surface area contributed by atoms with Crippen molar-refractivity contribution in [1.29, 1.82) is 5.26 Å². The van der Waals surface area contributed by atoms with Crippen molar-refractivity contribution in [3.8, 4) is 23.4 Å². The average molecular weight is 710 g/mol. The number of aromatic nitrogens is 5. The minimum absolute atomic E-state index is 0.0780. The smallest absolute Gasteiger partial charge is 0.359 e. The Bertz CT molecular complexity index is 2120. The number of anilines is 1. The molecule has 2 aromatic carbocycles. The Hall–Kier alpha value is -5.67. The molecule has 13 heteroatoms. The predicted octanol–water partition coefficient (Wildman–Crippen LogP) is 6.16. The zero-order chi connectivity index (χ0) is 36.8. The van der Waals surface area contributed by atoms with Gasteiger partial charge in [0, 0.05) is 37.3 Å². The molecule has 264 valence electrons. The van der Waals surface area contributed by atoms with Crippen molar-refractivity contribution < 1.29 is 19.0 Å². The Kier molecular flexibility index (Phi) is 11.4. The Morgan fingerprint density at radius 2 is 1.76 bits per heavy atom. The third kappa shape index (κ3) is 7.89. The number of benzene rings is 2. The summed E-state index contributed by atoms with van der Waals surface area (Å²) in [5.41, 5.74) is 4.04. The van der Waals surface area contributed by atoms with Crippen LogP contribution in [0.1, 0.15) is 76.6 Å². The number of carbonyl (C=O) groups is 1. The summed E-state index contributed by atoms with van der Waals surface area (Å²) in [7, 11) is 6.75. The molecule has 0 aliphatic rings. The van der Waals surface area contributed by atoms with Crippen molar-refractivity contribution >= 4 is 23.5 Å². The number of nitriles is 1. The highest BCUT2D eigenvalue weighted by atomic mass is 35.5. The Morgan fingerprint density at radius 3 is 2.35 bits per heavy atom. The normalized spacial score (nSPS) is 11.6. The first-order valence-electron chi connectivity index (χ1n) is 16.4. The van der Waals surface area contributed by atoms with Gasteiger partial charge in [0.05, 0.1) is 55.9 Å². The molecule has 0 amide bonds. The molecule has 5 aromatic rings.